The topological polar surface area (TPSA) is 73.8 Å². The number of para-hydroxylation sites is 1. The summed E-state index contributed by atoms with van der Waals surface area (Å²) in [6, 6.07) is 22.8. The Labute approximate surface area is 199 Å². The second-order valence-corrected chi connectivity index (χ2v) is 8.92. The first-order chi connectivity index (χ1) is 16.1. The van der Waals surface area contributed by atoms with Crippen molar-refractivity contribution in [3.63, 3.8) is 0 Å². The highest BCUT2D eigenvalue weighted by molar-refractivity contribution is 7.98. The largest absolute Gasteiger partial charge is 0.338 e. The lowest BCUT2D eigenvalue weighted by Gasteiger charge is -2.13. The average molecular weight is 475 g/mol. The van der Waals surface area contributed by atoms with Gasteiger partial charge in [-0.25, -0.2) is 4.98 Å². The molecule has 0 radical (unpaired) electrons. The summed E-state index contributed by atoms with van der Waals surface area (Å²) in [6.07, 6.45) is 0. The van der Waals surface area contributed by atoms with Crippen LogP contribution in [0.25, 0.3) is 22.3 Å². The van der Waals surface area contributed by atoms with E-state index in [1.807, 2.05) is 67.6 Å². The molecule has 0 aliphatic carbocycles. The molecular weight excluding hydrogens is 456 g/mol. The highest BCUT2D eigenvalue weighted by Crippen LogP contribution is 2.27. The molecule has 33 heavy (non-hydrogen) atoms. The minimum Gasteiger partial charge on any atom is -0.338 e. The third kappa shape index (κ3) is 4.55. The number of hydrogen-bond donors (Lipinski definition) is 0. The molecule has 0 fully saturated rings. The molecule has 8 heteroatoms. The third-order valence-corrected chi connectivity index (χ3v) is 6.49. The summed E-state index contributed by atoms with van der Waals surface area (Å²) in [5, 5.41) is 5.79. The van der Waals surface area contributed by atoms with Gasteiger partial charge in [0.25, 0.3) is 5.56 Å². The van der Waals surface area contributed by atoms with Crippen molar-refractivity contribution in [2.75, 3.05) is 0 Å². The number of aryl methyl sites for hydroxylation is 1. The molecule has 0 amide bonds. The van der Waals surface area contributed by atoms with Gasteiger partial charge in [-0.3, -0.25) is 9.36 Å². The van der Waals surface area contributed by atoms with Crippen molar-refractivity contribution < 1.29 is 4.52 Å². The summed E-state index contributed by atoms with van der Waals surface area (Å²) >= 11 is 7.63. The third-order valence-electron chi connectivity index (χ3n) is 5.20. The summed E-state index contributed by atoms with van der Waals surface area (Å²) < 4.78 is 7.13. The van der Waals surface area contributed by atoms with Gasteiger partial charge in [0, 0.05) is 5.56 Å². The molecule has 3 aromatic carbocycles. The van der Waals surface area contributed by atoms with Crippen molar-refractivity contribution in [1.29, 1.82) is 0 Å². The summed E-state index contributed by atoms with van der Waals surface area (Å²) in [6.45, 7) is 2.46. The molecule has 0 N–H and O–H groups in total. The van der Waals surface area contributed by atoms with Crippen molar-refractivity contribution in [3.8, 4) is 11.4 Å². The van der Waals surface area contributed by atoms with Crippen LogP contribution in [0, 0.1) is 6.92 Å². The minimum absolute atomic E-state index is 0.0778. The van der Waals surface area contributed by atoms with Crippen LogP contribution in [0.3, 0.4) is 0 Å². The number of hydrogen-bond acceptors (Lipinski definition) is 6. The predicted molar refractivity (Wildman–Crippen MR) is 131 cm³/mol. The van der Waals surface area contributed by atoms with Crippen LogP contribution in [0.5, 0.6) is 0 Å². The van der Waals surface area contributed by atoms with Crippen molar-refractivity contribution >= 4 is 34.3 Å². The van der Waals surface area contributed by atoms with Crippen LogP contribution in [-0.4, -0.2) is 19.7 Å². The number of aromatic nitrogens is 4. The lowest BCUT2D eigenvalue weighted by atomic mass is 10.1. The van der Waals surface area contributed by atoms with E-state index in [0.29, 0.717) is 50.7 Å². The van der Waals surface area contributed by atoms with Crippen LogP contribution in [0.1, 0.15) is 17.0 Å². The molecule has 2 aromatic heterocycles. The van der Waals surface area contributed by atoms with E-state index in [1.54, 1.807) is 16.7 Å². The Morgan fingerprint density at radius 2 is 1.73 bits per heavy atom. The Kier molecular flexibility index (Phi) is 5.98. The summed E-state index contributed by atoms with van der Waals surface area (Å²) in [5.74, 6) is 1.23. The minimum atomic E-state index is -0.0778. The van der Waals surface area contributed by atoms with Gasteiger partial charge < -0.3 is 4.52 Å². The number of thioether (sulfide) groups is 1. The molecular formula is C25H19ClN4O2S. The van der Waals surface area contributed by atoms with Crippen molar-refractivity contribution in [3.05, 3.63) is 105 Å². The van der Waals surface area contributed by atoms with Gasteiger partial charge in [0.15, 0.2) is 5.16 Å². The van der Waals surface area contributed by atoms with Crippen molar-refractivity contribution in [2.45, 2.75) is 24.4 Å². The maximum atomic E-state index is 13.3. The highest BCUT2D eigenvalue weighted by atomic mass is 35.5. The van der Waals surface area contributed by atoms with E-state index < -0.39 is 0 Å². The Hall–Kier alpha value is -3.42. The quantitative estimate of drug-likeness (QED) is 0.230. The molecule has 0 aliphatic rings. The number of fused-ring (bicyclic) bond motifs is 1. The zero-order chi connectivity index (χ0) is 22.8. The molecule has 0 saturated heterocycles. The zero-order valence-corrected chi connectivity index (χ0v) is 19.3. The molecule has 5 rings (SSSR count). The van der Waals surface area contributed by atoms with Crippen LogP contribution in [0.4, 0.5) is 0 Å². The lowest BCUT2D eigenvalue weighted by molar-refractivity contribution is 0.391. The standard InChI is InChI=1S/C25H19ClN4O2S/c1-16-10-12-17(13-11-16)14-30-24(31)19-7-3-5-9-21(19)27-25(30)33-15-22-28-23(29-32-22)18-6-2-4-8-20(18)26/h2-13H,14-15H2,1H3. The first-order valence-electron chi connectivity index (χ1n) is 10.3. The second kappa shape index (κ2) is 9.21. The van der Waals surface area contributed by atoms with Crippen LogP contribution in [-0.2, 0) is 12.3 Å². The smallest absolute Gasteiger partial charge is 0.262 e. The van der Waals surface area contributed by atoms with Crippen LogP contribution >= 0.6 is 23.4 Å². The lowest BCUT2D eigenvalue weighted by Crippen LogP contribution is -2.24. The Balaban J connectivity index is 1.46. The van der Waals surface area contributed by atoms with Crippen molar-refractivity contribution in [1.82, 2.24) is 19.7 Å². The second-order valence-electron chi connectivity index (χ2n) is 7.57. The van der Waals surface area contributed by atoms with Gasteiger partial charge in [0.1, 0.15) is 0 Å². The van der Waals surface area contributed by atoms with E-state index in [9.17, 15) is 4.79 Å². The van der Waals surface area contributed by atoms with Gasteiger partial charge in [-0.05, 0) is 36.8 Å². The van der Waals surface area contributed by atoms with Gasteiger partial charge in [-0.2, -0.15) is 4.98 Å². The molecule has 0 aliphatic heterocycles. The normalized spacial score (nSPS) is 11.2. The number of halogens is 1. The molecule has 6 nitrogen and oxygen atoms in total. The fourth-order valence-electron chi connectivity index (χ4n) is 3.47. The molecule has 0 bridgehead atoms. The molecule has 164 valence electrons. The number of benzene rings is 3. The van der Waals surface area contributed by atoms with Gasteiger partial charge in [0.05, 0.1) is 28.2 Å². The van der Waals surface area contributed by atoms with Crippen LogP contribution in [0.2, 0.25) is 5.02 Å². The molecule has 0 saturated carbocycles. The van der Waals surface area contributed by atoms with E-state index in [-0.39, 0.29) is 5.56 Å². The van der Waals surface area contributed by atoms with E-state index >= 15 is 0 Å². The number of nitrogens with zero attached hydrogens (tertiary/aromatic N) is 4. The Morgan fingerprint density at radius 3 is 2.55 bits per heavy atom. The molecule has 2 heterocycles. The maximum absolute atomic E-state index is 13.3. The highest BCUT2D eigenvalue weighted by Gasteiger charge is 2.16. The van der Waals surface area contributed by atoms with Crippen molar-refractivity contribution in [2.24, 2.45) is 0 Å². The molecule has 0 unspecified atom stereocenters. The summed E-state index contributed by atoms with van der Waals surface area (Å²) in [4.78, 5) is 22.5. The van der Waals surface area contributed by atoms with E-state index in [4.69, 9.17) is 21.1 Å². The Morgan fingerprint density at radius 1 is 0.970 bits per heavy atom. The average Bonchev–Trinajstić information content (AvgIpc) is 3.30. The van der Waals surface area contributed by atoms with E-state index in [2.05, 4.69) is 10.1 Å². The fourth-order valence-corrected chi connectivity index (χ4v) is 4.52. The Bertz CT molecular complexity index is 1490. The molecule has 5 aromatic rings. The molecule has 0 atom stereocenters. The fraction of sp³-hybridized carbons (Fsp3) is 0.120. The van der Waals surface area contributed by atoms with Gasteiger partial charge in [0.2, 0.25) is 11.7 Å². The first kappa shape index (κ1) is 21.4. The van der Waals surface area contributed by atoms with Crippen LogP contribution in [0.15, 0.2) is 87.3 Å². The number of rotatable bonds is 6. The van der Waals surface area contributed by atoms with Crippen LogP contribution < -0.4 is 5.56 Å². The summed E-state index contributed by atoms with van der Waals surface area (Å²) in [5.41, 5.74) is 3.49. The zero-order valence-electron chi connectivity index (χ0n) is 17.7. The van der Waals surface area contributed by atoms with Gasteiger partial charge in [-0.15, -0.1) is 0 Å². The summed E-state index contributed by atoms with van der Waals surface area (Å²) in [7, 11) is 0. The van der Waals surface area contributed by atoms with Gasteiger partial charge >= 0.3 is 0 Å². The van der Waals surface area contributed by atoms with E-state index in [1.165, 1.54) is 17.3 Å². The van der Waals surface area contributed by atoms with E-state index in [0.717, 1.165) is 5.56 Å². The molecule has 0 spiro atoms. The maximum Gasteiger partial charge on any atom is 0.262 e. The van der Waals surface area contributed by atoms with Gasteiger partial charge in [-0.1, -0.05) is 82.6 Å². The first-order valence-corrected chi connectivity index (χ1v) is 11.7. The monoisotopic (exact) mass is 474 g/mol. The SMILES string of the molecule is Cc1ccc(Cn2c(SCc3nc(-c4ccccc4Cl)no3)nc3ccccc3c2=O)cc1. The predicted octanol–water partition coefficient (Wildman–Crippen LogP) is 5.75.